The van der Waals surface area contributed by atoms with E-state index in [2.05, 4.69) is 20.0 Å². The van der Waals surface area contributed by atoms with Gasteiger partial charge in [-0.25, -0.2) is 9.97 Å². The molecule has 126 valence electrons. The highest BCUT2D eigenvalue weighted by molar-refractivity contribution is 5.44. The van der Waals surface area contributed by atoms with Crippen molar-refractivity contribution >= 4 is 0 Å². The van der Waals surface area contributed by atoms with Crippen LogP contribution in [0.25, 0.3) is 11.7 Å². The van der Waals surface area contributed by atoms with Gasteiger partial charge in [-0.05, 0) is 44.4 Å². The molecule has 7 heteroatoms. The van der Waals surface area contributed by atoms with E-state index in [1.165, 1.54) is 12.8 Å². The number of rotatable bonds is 5. The maximum atomic E-state index is 5.76. The molecule has 3 aromatic rings. The minimum absolute atomic E-state index is 0.559. The summed E-state index contributed by atoms with van der Waals surface area (Å²) < 4.78 is 13.0. The van der Waals surface area contributed by atoms with Gasteiger partial charge in [-0.1, -0.05) is 0 Å². The third-order valence-corrected chi connectivity index (χ3v) is 4.51. The SMILES string of the molecule is Cc1oc(-c2ccco2)nc1CN1CCC[C@H](Cn2cncn2)C1. The molecule has 0 saturated carbocycles. The Labute approximate surface area is 140 Å². The van der Waals surface area contributed by atoms with Crippen LogP contribution >= 0.6 is 0 Å². The van der Waals surface area contributed by atoms with Crippen LogP contribution in [0.2, 0.25) is 0 Å². The number of piperidine rings is 1. The number of oxazole rings is 1. The van der Waals surface area contributed by atoms with Crippen LogP contribution in [0.15, 0.2) is 39.9 Å². The molecule has 3 aromatic heterocycles. The molecular weight excluding hydrogens is 306 g/mol. The zero-order valence-corrected chi connectivity index (χ0v) is 13.8. The molecule has 24 heavy (non-hydrogen) atoms. The second-order valence-corrected chi connectivity index (χ2v) is 6.36. The van der Waals surface area contributed by atoms with Crippen molar-refractivity contribution in [1.29, 1.82) is 0 Å². The lowest BCUT2D eigenvalue weighted by Crippen LogP contribution is -2.36. The fraction of sp³-hybridized carbons (Fsp3) is 0.471. The molecule has 1 atom stereocenters. The van der Waals surface area contributed by atoms with Crippen LogP contribution in [0.4, 0.5) is 0 Å². The van der Waals surface area contributed by atoms with Crippen molar-refractivity contribution in [3.05, 3.63) is 42.5 Å². The summed E-state index contributed by atoms with van der Waals surface area (Å²) >= 11 is 0. The molecule has 0 spiro atoms. The monoisotopic (exact) mass is 327 g/mol. The van der Waals surface area contributed by atoms with E-state index in [4.69, 9.17) is 8.83 Å². The second-order valence-electron chi connectivity index (χ2n) is 6.36. The number of hydrogen-bond donors (Lipinski definition) is 0. The fourth-order valence-corrected chi connectivity index (χ4v) is 3.33. The normalized spacial score (nSPS) is 19.0. The van der Waals surface area contributed by atoms with Crippen LogP contribution in [0.1, 0.15) is 24.3 Å². The molecule has 1 saturated heterocycles. The third-order valence-electron chi connectivity index (χ3n) is 4.51. The molecule has 4 rings (SSSR count). The van der Waals surface area contributed by atoms with E-state index in [1.54, 1.807) is 18.9 Å². The molecular formula is C17H21N5O2. The summed E-state index contributed by atoms with van der Waals surface area (Å²) in [4.78, 5) is 11.1. The molecule has 1 aliphatic rings. The largest absolute Gasteiger partial charge is 0.459 e. The van der Waals surface area contributed by atoms with Crippen molar-refractivity contribution in [2.45, 2.75) is 32.9 Å². The first-order valence-electron chi connectivity index (χ1n) is 8.33. The zero-order chi connectivity index (χ0) is 16.4. The van der Waals surface area contributed by atoms with Gasteiger partial charge in [0.2, 0.25) is 0 Å². The molecule has 1 fully saturated rings. The number of hydrogen-bond acceptors (Lipinski definition) is 6. The fourth-order valence-electron chi connectivity index (χ4n) is 3.33. The Kier molecular flexibility index (Phi) is 4.17. The van der Waals surface area contributed by atoms with Gasteiger partial charge in [-0.15, -0.1) is 0 Å². The minimum atomic E-state index is 0.559. The van der Waals surface area contributed by atoms with Crippen molar-refractivity contribution in [2.24, 2.45) is 5.92 Å². The lowest BCUT2D eigenvalue weighted by molar-refractivity contribution is 0.151. The van der Waals surface area contributed by atoms with Crippen molar-refractivity contribution < 1.29 is 8.83 Å². The highest BCUT2D eigenvalue weighted by atomic mass is 16.4. The van der Waals surface area contributed by atoms with Gasteiger partial charge in [0.05, 0.1) is 12.0 Å². The van der Waals surface area contributed by atoms with Gasteiger partial charge < -0.3 is 8.83 Å². The first-order chi connectivity index (χ1) is 11.8. The van der Waals surface area contributed by atoms with Crippen LogP contribution in [0, 0.1) is 12.8 Å². The Bertz CT molecular complexity index is 763. The molecule has 0 N–H and O–H groups in total. The van der Waals surface area contributed by atoms with E-state index < -0.39 is 0 Å². The van der Waals surface area contributed by atoms with E-state index in [-0.39, 0.29) is 0 Å². The number of furan rings is 1. The first kappa shape index (κ1) is 15.1. The Hall–Kier alpha value is -2.41. The van der Waals surface area contributed by atoms with Crippen LogP contribution < -0.4 is 0 Å². The van der Waals surface area contributed by atoms with Crippen molar-refractivity contribution in [2.75, 3.05) is 13.1 Å². The maximum Gasteiger partial charge on any atom is 0.263 e. The van der Waals surface area contributed by atoms with Gasteiger partial charge in [-0.3, -0.25) is 9.58 Å². The van der Waals surface area contributed by atoms with Crippen LogP contribution in [0.5, 0.6) is 0 Å². The van der Waals surface area contributed by atoms with Crippen molar-refractivity contribution in [3.63, 3.8) is 0 Å². The van der Waals surface area contributed by atoms with Crippen LogP contribution in [-0.2, 0) is 13.1 Å². The average molecular weight is 327 g/mol. The molecule has 0 radical (unpaired) electrons. The average Bonchev–Trinajstić information content (AvgIpc) is 3.31. The number of nitrogens with zero attached hydrogens (tertiary/aromatic N) is 5. The maximum absolute atomic E-state index is 5.76. The summed E-state index contributed by atoms with van der Waals surface area (Å²) in [6.07, 6.45) is 7.44. The molecule has 1 aliphatic heterocycles. The van der Waals surface area contributed by atoms with Crippen LogP contribution in [0.3, 0.4) is 0 Å². The first-order valence-corrected chi connectivity index (χ1v) is 8.33. The molecule has 0 bridgehead atoms. The summed E-state index contributed by atoms with van der Waals surface area (Å²) in [6.45, 7) is 5.83. The molecule has 0 aliphatic carbocycles. The Morgan fingerprint density at radius 2 is 2.33 bits per heavy atom. The van der Waals surface area contributed by atoms with Gasteiger partial charge in [-0.2, -0.15) is 5.10 Å². The van der Waals surface area contributed by atoms with E-state index in [1.807, 2.05) is 23.7 Å². The Balaban J connectivity index is 1.41. The lowest BCUT2D eigenvalue weighted by Gasteiger charge is -2.32. The summed E-state index contributed by atoms with van der Waals surface area (Å²) in [5, 5.41) is 4.21. The van der Waals surface area contributed by atoms with E-state index in [0.717, 1.165) is 37.6 Å². The molecule has 4 heterocycles. The smallest absolute Gasteiger partial charge is 0.263 e. The van der Waals surface area contributed by atoms with Gasteiger partial charge in [0.15, 0.2) is 5.76 Å². The number of aromatic nitrogens is 4. The molecule has 0 unspecified atom stereocenters. The van der Waals surface area contributed by atoms with Crippen molar-refractivity contribution in [3.8, 4) is 11.7 Å². The quantitative estimate of drug-likeness (QED) is 0.717. The number of likely N-dealkylation sites (tertiary alicyclic amines) is 1. The molecule has 0 amide bonds. The van der Waals surface area contributed by atoms with Gasteiger partial charge in [0.1, 0.15) is 18.4 Å². The summed E-state index contributed by atoms with van der Waals surface area (Å²) in [6, 6.07) is 3.71. The van der Waals surface area contributed by atoms with Gasteiger partial charge in [0, 0.05) is 19.6 Å². The standard InChI is InChI=1S/C17H21N5O2/c1-13-15(20-17(24-13)16-5-3-7-23-16)10-21-6-2-4-14(8-21)9-22-12-18-11-19-22/h3,5,7,11-12,14H,2,4,6,8-10H2,1H3/t14-/m0/s1. The lowest BCUT2D eigenvalue weighted by atomic mass is 9.98. The van der Waals surface area contributed by atoms with Gasteiger partial charge >= 0.3 is 0 Å². The minimum Gasteiger partial charge on any atom is -0.459 e. The number of aryl methyl sites for hydroxylation is 1. The topological polar surface area (TPSA) is 73.1 Å². The van der Waals surface area contributed by atoms with Crippen molar-refractivity contribution in [1.82, 2.24) is 24.6 Å². The predicted molar refractivity (Wildman–Crippen MR) is 87.0 cm³/mol. The third kappa shape index (κ3) is 3.26. The zero-order valence-electron chi connectivity index (χ0n) is 13.8. The van der Waals surface area contributed by atoms with E-state index in [9.17, 15) is 0 Å². The van der Waals surface area contributed by atoms with Gasteiger partial charge in [0.25, 0.3) is 5.89 Å². The molecule has 7 nitrogen and oxygen atoms in total. The van der Waals surface area contributed by atoms with Crippen LogP contribution in [-0.4, -0.2) is 37.7 Å². The second kappa shape index (κ2) is 6.60. The highest BCUT2D eigenvalue weighted by Gasteiger charge is 2.23. The Morgan fingerprint density at radius 1 is 1.38 bits per heavy atom. The van der Waals surface area contributed by atoms with E-state index >= 15 is 0 Å². The molecule has 0 aromatic carbocycles. The highest BCUT2D eigenvalue weighted by Crippen LogP contribution is 2.25. The van der Waals surface area contributed by atoms with E-state index in [0.29, 0.717) is 17.6 Å². The summed E-state index contributed by atoms with van der Waals surface area (Å²) in [5.74, 6) is 2.69. The summed E-state index contributed by atoms with van der Waals surface area (Å²) in [7, 11) is 0. The summed E-state index contributed by atoms with van der Waals surface area (Å²) in [5.41, 5.74) is 0.989. The Morgan fingerprint density at radius 3 is 3.12 bits per heavy atom. The predicted octanol–water partition coefficient (Wildman–Crippen LogP) is 2.75.